The van der Waals surface area contributed by atoms with Crippen molar-refractivity contribution >= 4 is 23.2 Å². The van der Waals surface area contributed by atoms with Gasteiger partial charge >= 0.3 is 6.01 Å². The maximum atomic E-state index is 11.6. The molecular formula is C11H14N4O2S. The third-order valence-electron chi connectivity index (χ3n) is 2.31. The molecule has 0 aromatic carbocycles. The first kappa shape index (κ1) is 12.6. The maximum absolute atomic E-state index is 11.6. The molecule has 0 aliphatic carbocycles. The van der Waals surface area contributed by atoms with Crippen LogP contribution in [-0.2, 0) is 11.2 Å². The zero-order valence-corrected chi connectivity index (χ0v) is 10.8. The van der Waals surface area contributed by atoms with E-state index in [4.69, 9.17) is 4.74 Å². The molecule has 0 aliphatic heterocycles. The number of thiophene rings is 1. The molecule has 2 N–H and O–H groups in total. The Hall–Kier alpha value is -1.89. The van der Waals surface area contributed by atoms with Crippen LogP contribution in [0.3, 0.4) is 0 Å². The lowest BCUT2D eigenvalue weighted by atomic mass is 10.2. The number of hydrogen-bond donors (Lipinski definition) is 2. The van der Waals surface area contributed by atoms with Crippen molar-refractivity contribution in [3.63, 3.8) is 0 Å². The van der Waals surface area contributed by atoms with Crippen molar-refractivity contribution < 1.29 is 9.53 Å². The zero-order valence-electron chi connectivity index (χ0n) is 9.97. The van der Waals surface area contributed by atoms with E-state index in [1.807, 2.05) is 11.4 Å². The van der Waals surface area contributed by atoms with Crippen LogP contribution in [0.15, 0.2) is 17.5 Å². The normalized spacial score (nSPS) is 10.3. The van der Waals surface area contributed by atoms with E-state index in [0.717, 1.165) is 12.8 Å². The predicted octanol–water partition coefficient (Wildman–Crippen LogP) is 1.84. The highest BCUT2D eigenvalue weighted by molar-refractivity contribution is 7.09. The summed E-state index contributed by atoms with van der Waals surface area (Å²) in [6.45, 7) is 0. The van der Waals surface area contributed by atoms with Gasteiger partial charge in [0.1, 0.15) is 0 Å². The van der Waals surface area contributed by atoms with Gasteiger partial charge in [-0.1, -0.05) is 6.07 Å². The quantitative estimate of drug-likeness (QED) is 0.836. The second-order valence-electron chi connectivity index (χ2n) is 3.65. The smallest absolute Gasteiger partial charge is 0.336 e. The summed E-state index contributed by atoms with van der Waals surface area (Å²) in [5.41, 5.74) is 0. The summed E-state index contributed by atoms with van der Waals surface area (Å²) >= 11 is 1.71. The van der Waals surface area contributed by atoms with Crippen LogP contribution in [-0.4, -0.2) is 28.2 Å². The van der Waals surface area contributed by atoms with Gasteiger partial charge in [0.25, 0.3) is 0 Å². The van der Waals surface area contributed by atoms with Gasteiger partial charge in [-0.2, -0.15) is 4.98 Å². The molecule has 2 aromatic heterocycles. The molecule has 0 fully saturated rings. The molecule has 2 aromatic rings. The van der Waals surface area contributed by atoms with Crippen molar-refractivity contribution in [3.8, 4) is 6.01 Å². The molecule has 0 saturated carbocycles. The predicted molar refractivity (Wildman–Crippen MR) is 68.8 cm³/mol. The van der Waals surface area contributed by atoms with Crippen molar-refractivity contribution in [3.05, 3.63) is 22.4 Å². The van der Waals surface area contributed by atoms with Crippen molar-refractivity contribution in [2.24, 2.45) is 0 Å². The summed E-state index contributed by atoms with van der Waals surface area (Å²) in [4.78, 5) is 16.8. The number of aryl methyl sites for hydroxylation is 1. The Kier molecular flexibility index (Phi) is 4.30. The van der Waals surface area contributed by atoms with Gasteiger partial charge in [-0.05, 0) is 24.3 Å². The van der Waals surface area contributed by atoms with Crippen molar-refractivity contribution in [1.82, 2.24) is 15.2 Å². The number of methoxy groups -OCH3 is 1. The first-order valence-corrected chi connectivity index (χ1v) is 6.44. The fourth-order valence-corrected chi connectivity index (χ4v) is 2.22. The van der Waals surface area contributed by atoms with Gasteiger partial charge in [-0.3, -0.25) is 10.1 Å². The van der Waals surface area contributed by atoms with Crippen molar-refractivity contribution in [2.45, 2.75) is 19.3 Å². The summed E-state index contributed by atoms with van der Waals surface area (Å²) < 4.78 is 4.80. The van der Waals surface area contributed by atoms with Crippen LogP contribution in [0.5, 0.6) is 6.01 Å². The summed E-state index contributed by atoms with van der Waals surface area (Å²) in [5, 5.41) is 11.0. The molecule has 0 atom stereocenters. The number of carbonyl (C=O) groups is 1. The van der Waals surface area contributed by atoms with Gasteiger partial charge in [-0.15, -0.1) is 16.4 Å². The first-order valence-electron chi connectivity index (χ1n) is 5.56. The summed E-state index contributed by atoms with van der Waals surface area (Å²) in [7, 11) is 1.47. The number of anilines is 1. The lowest BCUT2D eigenvalue weighted by molar-refractivity contribution is -0.116. The molecular weight excluding hydrogens is 252 g/mol. The monoisotopic (exact) mass is 266 g/mol. The fraction of sp³-hybridized carbons (Fsp3) is 0.364. The Morgan fingerprint density at radius 2 is 2.50 bits per heavy atom. The lowest BCUT2D eigenvalue weighted by Crippen LogP contribution is -2.12. The van der Waals surface area contributed by atoms with Crippen LogP contribution in [0.4, 0.5) is 5.95 Å². The van der Waals surface area contributed by atoms with Crippen LogP contribution in [0, 0.1) is 0 Å². The van der Waals surface area contributed by atoms with Crippen LogP contribution < -0.4 is 10.1 Å². The maximum Gasteiger partial charge on any atom is 0.336 e. The summed E-state index contributed by atoms with van der Waals surface area (Å²) in [6, 6.07) is 4.30. The van der Waals surface area contributed by atoms with Crippen LogP contribution in [0.1, 0.15) is 17.7 Å². The Morgan fingerprint density at radius 3 is 3.17 bits per heavy atom. The first-order chi connectivity index (χ1) is 8.78. The van der Waals surface area contributed by atoms with Crippen LogP contribution in [0.25, 0.3) is 0 Å². The minimum absolute atomic E-state index is 0.0784. The van der Waals surface area contributed by atoms with E-state index in [0.29, 0.717) is 12.4 Å². The molecule has 0 aliphatic rings. The minimum atomic E-state index is -0.0784. The van der Waals surface area contributed by atoms with Crippen LogP contribution in [0.2, 0.25) is 0 Å². The highest BCUT2D eigenvalue weighted by Gasteiger charge is 2.07. The van der Waals surface area contributed by atoms with Crippen molar-refractivity contribution in [2.75, 3.05) is 12.4 Å². The molecule has 0 saturated heterocycles. The van der Waals surface area contributed by atoms with Crippen molar-refractivity contribution in [1.29, 1.82) is 0 Å². The summed E-state index contributed by atoms with van der Waals surface area (Å²) in [6.07, 6.45) is 2.20. The molecule has 96 valence electrons. The molecule has 18 heavy (non-hydrogen) atoms. The highest BCUT2D eigenvalue weighted by atomic mass is 32.1. The largest absolute Gasteiger partial charge is 0.466 e. The second-order valence-corrected chi connectivity index (χ2v) is 4.68. The Balaban J connectivity index is 1.71. The SMILES string of the molecule is COc1n[nH]c(NC(=O)CCCc2cccs2)n1. The second kappa shape index (κ2) is 6.15. The van der Waals surface area contributed by atoms with E-state index in [1.165, 1.54) is 12.0 Å². The van der Waals surface area contributed by atoms with E-state index >= 15 is 0 Å². The average Bonchev–Trinajstić information content (AvgIpc) is 3.00. The van der Waals surface area contributed by atoms with E-state index in [2.05, 4.69) is 26.6 Å². The van der Waals surface area contributed by atoms with Gasteiger partial charge in [0.15, 0.2) is 0 Å². The molecule has 0 spiro atoms. The fourth-order valence-electron chi connectivity index (χ4n) is 1.47. The molecule has 1 amide bonds. The van der Waals surface area contributed by atoms with E-state index in [9.17, 15) is 4.79 Å². The number of rotatable bonds is 6. The van der Waals surface area contributed by atoms with Crippen LogP contribution >= 0.6 is 11.3 Å². The average molecular weight is 266 g/mol. The summed E-state index contributed by atoms with van der Waals surface area (Å²) in [5.74, 6) is 0.235. The number of nitrogens with one attached hydrogen (secondary N) is 2. The Labute approximate surface area is 108 Å². The highest BCUT2D eigenvalue weighted by Crippen LogP contribution is 2.12. The van der Waals surface area contributed by atoms with E-state index in [-0.39, 0.29) is 11.9 Å². The third-order valence-corrected chi connectivity index (χ3v) is 3.25. The van der Waals surface area contributed by atoms with Gasteiger partial charge in [0.2, 0.25) is 11.9 Å². The van der Waals surface area contributed by atoms with Gasteiger partial charge in [-0.25, -0.2) is 5.10 Å². The van der Waals surface area contributed by atoms with Gasteiger partial charge < -0.3 is 4.74 Å². The lowest BCUT2D eigenvalue weighted by Gasteiger charge is -2.00. The number of hydrogen-bond acceptors (Lipinski definition) is 5. The number of ether oxygens (including phenoxy) is 1. The number of H-pyrrole nitrogens is 1. The van der Waals surface area contributed by atoms with E-state index < -0.39 is 0 Å². The number of aromatic amines is 1. The molecule has 2 heterocycles. The number of carbonyl (C=O) groups excluding carboxylic acids is 1. The zero-order chi connectivity index (χ0) is 12.8. The molecule has 2 rings (SSSR count). The minimum Gasteiger partial charge on any atom is -0.466 e. The number of aromatic nitrogens is 3. The number of nitrogens with zero attached hydrogens (tertiary/aromatic N) is 2. The molecule has 0 bridgehead atoms. The van der Waals surface area contributed by atoms with Gasteiger partial charge in [0.05, 0.1) is 7.11 Å². The molecule has 7 heteroatoms. The van der Waals surface area contributed by atoms with E-state index in [1.54, 1.807) is 11.3 Å². The molecule has 0 unspecified atom stereocenters. The standard InChI is InChI=1S/C11H14N4O2S/c1-17-11-13-10(14-15-11)12-9(16)6-2-4-8-5-3-7-18-8/h3,5,7H,2,4,6H2,1H3,(H2,12,13,14,15,16). The third kappa shape index (κ3) is 3.56. The molecule has 6 nitrogen and oxygen atoms in total. The topological polar surface area (TPSA) is 79.9 Å². The Morgan fingerprint density at radius 1 is 1.61 bits per heavy atom. The van der Waals surface area contributed by atoms with Gasteiger partial charge in [0, 0.05) is 11.3 Å². The molecule has 0 radical (unpaired) electrons. The Bertz CT molecular complexity index is 495. The number of amides is 1.